The number of amides is 1. The lowest BCUT2D eigenvalue weighted by atomic mass is 10.1. The fourth-order valence-electron chi connectivity index (χ4n) is 2.35. The molecular weight excluding hydrogens is 317 g/mol. The zero-order chi connectivity index (χ0) is 15.9. The van der Waals surface area contributed by atoms with Crippen molar-refractivity contribution in [1.82, 2.24) is 4.90 Å². The van der Waals surface area contributed by atoms with Crippen LogP contribution in [0, 0.1) is 24.6 Å². The Hall–Kier alpha value is -1.14. The van der Waals surface area contributed by atoms with Gasteiger partial charge in [-0.15, -0.1) is 0 Å². The molecule has 0 radical (unpaired) electrons. The van der Waals surface area contributed by atoms with Crippen molar-refractivity contribution < 1.29 is 17.6 Å². The van der Waals surface area contributed by atoms with Gasteiger partial charge < -0.3 is 4.90 Å². The van der Waals surface area contributed by atoms with E-state index < -0.39 is 19.8 Å². The third kappa shape index (κ3) is 3.55. The molecule has 2 rings (SSSR count). The molecule has 7 heteroatoms. The summed E-state index contributed by atoms with van der Waals surface area (Å²) in [5.74, 6) is -0.163. The first kappa shape index (κ1) is 16.2. The van der Waals surface area contributed by atoms with Crippen LogP contribution in [0.2, 0.25) is 0 Å². The predicted octanol–water partition coefficient (Wildman–Crippen LogP) is 2.79. The molecule has 0 aromatic heterocycles. The van der Waals surface area contributed by atoms with E-state index in [0.29, 0.717) is 18.4 Å². The second kappa shape index (κ2) is 5.57. The van der Waals surface area contributed by atoms with E-state index in [2.05, 4.69) is 6.92 Å². The third-order valence-electron chi connectivity index (χ3n) is 3.86. The standard InChI is InChI=1S/C14H17ClFNO3S/c1-8-4-11(8)7-17(3)14(18)10-5-9(2)13(16)12(6-10)21(15,19)20/h5-6,8,11H,4,7H2,1-3H3. The number of halogens is 2. The first-order chi connectivity index (χ1) is 9.61. The molecule has 2 atom stereocenters. The Labute approximate surface area is 128 Å². The molecule has 1 aliphatic carbocycles. The molecule has 4 nitrogen and oxygen atoms in total. The van der Waals surface area contributed by atoms with Gasteiger partial charge in [-0.05, 0) is 42.9 Å². The minimum absolute atomic E-state index is 0.0771. The molecule has 1 aliphatic rings. The first-order valence-corrected chi connectivity index (χ1v) is 8.92. The molecular formula is C14H17ClFNO3S. The lowest BCUT2D eigenvalue weighted by Crippen LogP contribution is -2.29. The van der Waals surface area contributed by atoms with Crippen molar-refractivity contribution in [2.75, 3.05) is 13.6 Å². The van der Waals surface area contributed by atoms with Crippen molar-refractivity contribution in [1.29, 1.82) is 0 Å². The van der Waals surface area contributed by atoms with Gasteiger partial charge in [0.1, 0.15) is 10.7 Å². The van der Waals surface area contributed by atoms with Crippen LogP contribution in [0.25, 0.3) is 0 Å². The fourth-order valence-corrected chi connectivity index (χ4v) is 3.33. The van der Waals surface area contributed by atoms with Gasteiger partial charge in [-0.25, -0.2) is 12.8 Å². The van der Waals surface area contributed by atoms with Crippen molar-refractivity contribution in [3.8, 4) is 0 Å². The highest BCUT2D eigenvalue weighted by atomic mass is 35.7. The van der Waals surface area contributed by atoms with E-state index in [1.54, 1.807) is 7.05 Å². The molecule has 0 heterocycles. The second-order valence-electron chi connectivity index (χ2n) is 5.70. The van der Waals surface area contributed by atoms with E-state index in [0.717, 1.165) is 12.5 Å². The number of nitrogens with zero attached hydrogens (tertiary/aromatic N) is 1. The van der Waals surface area contributed by atoms with Crippen molar-refractivity contribution in [3.05, 3.63) is 29.1 Å². The van der Waals surface area contributed by atoms with E-state index >= 15 is 0 Å². The van der Waals surface area contributed by atoms with Crippen LogP contribution in [0.1, 0.15) is 29.3 Å². The summed E-state index contributed by atoms with van der Waals surface area (Å²) in [4.78, 5) is 13.2. The molecule has 1 saturated carbocycles. The van der Waals surface area contributed by atoms with Crippen LogP contribution in [0.5, 0.6) is 0 Å². The highest BCUT2D eigenvalue weighted by Gasteiger charge is 2.34. The lowest BCUT2D eigenvalue weighted by Gasteiger charge is -2.18. The van der Waals surface area contributed by atoms with E-state index in [1.165, 1.54) is 17.9 Å². The normalized spacial score (nSPS) is 21.2. The van der Waals surface area contributed by atoms with Gasteiger partial charge in [0.15, 0.2) is 0 Å². The number of hydrogen-bond acceptors (Lipinski definition) is 3. The van der Waals surface area contributed by atoms with Crippen LogP contribution >= 0.6 is 10.7 Å². The maximum absolute atomic E-state index is 13.8. The fraction of sp³-hybridized carbons (Fsp3) is 0.500. The molecule has 116 valence electrons. The number of benzene rings is 1. The SMILES string of the molecule is Cc1cc(C(=O)N(C)CC2CC2C)cc(S(=O)(=O)Cl)c1F. The van der Waals surface area contributed by atoms with Gasteiger partial charge in [0.05, 0.1) is 0 Å². The average molecular weight is 334 g/mol. The highest BCUT2D eigenvalue weighted by Crippen LogP contribution is 2.38. The summed E-state index contributed by atoms with van der Waals surface area (Å²) in [6, 6.07) is 2.34. The summed E-state index contributed by atoms with van der Waals surface area (Å²) >= 11 is 0. The summed E-state index contributed by atoms with van der Waals surface area (Å²) in [7, 11) is 2.64. The number of rotatable bonds is 4. The van der Waals surface area contributed by atoms with Crippen LogP contribution in [-0.2, 0) is 9.05 Å². The zero-order valence-corrected chi connectivity index (χ0v) is 13.6. The number of aryl methyl sites for hydroxylation is 1. The average Bonchev–Trinajstić information content (AvgIpc) is 3.05. The molecule has 0 saturated heterocycles. The van der Waals surface area contributed by atoms with Crippen molar-refractivity contribution >= 4 is 25.6 Å². The molecule has 1 aromatic carbocycles. The summed E-state index contributed by atoms with van der Waals surface area (Å²) in [6.45, 7) is 4.13. The molecule has 0 N–H and O–H groups in total. The number of carbonyl (C=O) groups is 1. The van der Waals surface area contributed by atoms with E-state index in [1.807, 2.05) is 0 Å². The molecule has 0 aliphatic heterocycles. The van der Waals surface area contributed by atoms with Crippen LogP contribution in [0.15, 0.2) is 17.0 Å². The van der Waals surface area contributed by atoms with Crippen LogP contribution in [0.3, 0.4) is 0 Å². The predicted molar refractivity (Wildman–Crippen MR) is 78.4 cm³/mol. The largest absolute Gasteiger partial charge is 0.341 e. The van der Waals surface area contributed by atoms with Gasteiger partial charge in [-0.1, -0.05) is 6.92 Å². The number of carbonyl (C=O) groups excluding carboxylic acids is 1. The Morgan fingerprint density at radius 3 is 2.52 bits per heavy atom. The third-order valence-corrected chi connectivity index (χ3v) is 5.18. The first-order valence-electron chi connectivity index (χ1n) is 6.61. The molecule has 1 amide bonds. The quantitative estimate of drug-likeness (QED) is 0.796. The topological polar surface area (TPSA) is 54.5 Å². The lowest BCUT2D eigenvalue weighted by molar-refractivity contribution is 0.0786. The van der Waals surface area contributed by atoms with Gasteiger partial charge in [0.25, 0.3) is 15.0 Å². The summed E-state index contributed by atoms with van der Waals surface area (Å²) in [5, 5.41) is 0. The Morgan fingerprint density at radius 2 is 2.05 bits per heavy atom. The Bertz CT molecular complexity index is 690. The Kier molecular flexibility index (Phi) is 4.31. The van der Waals surface area contributed by atoms with Gasteiger partial charge in [0.2, 0.25) is 0 Å². The smallest absolute Gasteiger partial charge is 0.264 e. The summed E-state index contributed by atoms with van der Waals surface area (Å²) in [6.07, 6.45) is 1.08. The van der Waals surface area contributed by atoms with E-state index in [-0.39, 0.29) is 17.0 Å². The monoisotopic (exact) mass is 333 g/mol. The molecule has 2 unspecified atom stereocenters. The highest BCUT2D eigenvalue weighted by molar-refractivity contribution is 8.13. The molecule has 1 aromatic rings. The van der Waals surface area contributed by atoms with Gasteiger partial charge in [0, 0.05) is 29.8 Å². The summed E-state index contributed by atoms with van der Waals surface area (Å²) in [5.41, 5.74) is 0.206. The van der Waals surface area contributed by atoms with Crippen LogP contribution < -0.4 is 0 Å². The maximum atomic E-state index is 13.8. The number of hydrogen-bond donors (Lipinski definition) is 0. The van der Waals surface area contributed by atoms with Crippen molar-refractivity contribution in [2.45, 2.75) is 25.2 Å². The summed E-state index contributed by atoms with van der Waals surface area (Å²) < 4.78 is 36.6. The maximum Gasteiger partial charge on any atom is 0.264 e. The van der Waals surface area contributed by atoms with Crippen molar-refractivity contribution in [3.63, 3.8) is 0 Å². The van der Waals surface area contributed by atoms with E-state index in [9.17, 15) is 17.6 Å². The van der Waals surface area contributed by atoms with Crippen LogP contribution in [-0.4, -0.2) is 32.8 Å². The Morgan fingerprint density at radius 1 is 1.48 bits per heavy atom. The van der Waals surface area contributed by atoms with E-state index in [4.69, 9.17) is 10.7 Å². The van der Waals surface area contributed by atoms with Crippen molar-refractivity contribution in [2.24, 2.45) is 11.8 Å². The van der Waals surface area contributed by atoms with Crippen LogP contribution in [0.4, 0.5) is 4.39 Å². The van der Waals surface area contributed by atoms with Gasteiger partial charge in [-0.3, -0.25) is 4.79 Å². The molecule has 0 bridgehead atoms. The second-order valence-corrected chi connectivity index (χ2v) is 8.24. The molecule has 1 fully saturated rings. The molecule has 0 spiro atoms. The van der Waals surface area contributed by atoms with Gasteiger partial charge in [-0.2, -0.15) is 0 Å². The minimum Gasteiger partial charge on any atom is -0.341 e. The molecule has 21 heavy (non-hydrogen) atoms. The Balaban J connectivity index is 2.31. The zero-order valence-electron chi connectivity index (χ0n) is 12.1. The van der Waals surface area contributed by atoms with Gasteiger partial charge >= 0.3 is 0 Å². The minimum atomic E-state index is -4.23.